The lowest BCUT2D eigenvalue weighted by molar-refractivity contribution is 0.414. The van der Waals surface area contributed by atoms with Gasteiger partial charge in [-0.25, -0.2) is 13.1 Å². The molecule has 0 bridgehead atoms. The smallest absolute Gasteiger partial charge is 0.215 e. The van der Waals surface area contributed by atoms with E-state index in [4.69, 9.17) is 9.60 Å². The molecular weight excluding hydrogens is 274 g/mol. The average Bonchev–Trinajstić information content (AvgIpc) is 2.89. The van der Waals surface area contributed by atoms with E-state index in [1.54, 1.807) is 0 Å². The van der Waals surface area contributed by atoms with Gasteiger partial charge in [0.05, 0.1) is 7.08 Å². The van der Waals surface area contributed by atoms with Crippen LogP contribution in [0.4, 0.5) is 0 Å². The third-order valence-electron chi connectivity index (χ3n) is 2.54. The molecule has 6 heteroatoms. The van der Waals surface area contributed by atoms with Gasteiger partial charge in [0.25, 0.3) is 0 Å². The molecule has 2 aromatic rings. The summed E-state index contributed by atoms with van der Waals surface area (Å²) in [5.74, 6) is 0. The van der Waals surface area contributed by atoms with Crippen LogP contribution < -0.4 is 4.72 Å². The topological polar surface area (TPSA) is 65.2 Å². The fraction of sp³-hybridized carbons (Fsp3) is 0.429. The molecule has 0 amide bonds. The molecule has 1 heterocycles. The van der Waals surface area contributed by atoms with Crippen molar-refractivity contribution in [2.75, 3.05) is 27.6 Å². The summed E-state index contributed by atoms with van der Waals surface area (Å²) in [5, 5.41) is 0.0448. The molecule has 1 aromatic carbocycles. The van der Waals surface area contributed by atoms with Crippen LogP contribution in [0, 0.1) is 0 Å². The van der Waals surface area contributed by atoms with Crippen molar-refractivity contribution in [3.63, 3.8) is 0 Å². The van der Waals surface area contributed by atoms with Crippen LogP contribution in [0.5, 0.6) is 0 Å². The number of sulfonamides is 1. The third-order valence-corrected chi connectivity index (χ3v) is 3.58. The molecule has 5 nitrogen and oxygen atoms in total. The minimum atomic E-state index is -4.35. The number of H-pyrrole nitrogens is 1. The molecular formula is C14H21N3O2S. The molecule has 2 rings (SSSR count). The molecule has 0 aliphatic rings. The second kappa shape index (κ2) is 5.95. The van der Waals surface area contributed by atoms with Crippen LogP contribution in [0.15, 0.2) is 24.4 Å². The van der Waals surface area contributed by atoms with Gasteiger partial charge in [-0.15, -0.1) is 0 Å². The van der Waals surface area contributed by atoms with E-state index in [1.165, 1.54) is 26.2 Å². The van der Waals surface area contributed by atoms with Crippen molar-refractivity contribution in [1.29, 1.82) is 0 Å². The van der Waals surface area contributed by atoms with E-state index in [9.17, 15) is 8.42 Å². The number of likely N-dealkylation sites (N-methyl/N-ethyl adjacent to an activating group) is 1. The summed E-state index contributed by atoms with van der Waals surface area (Å²) in [6.07, 6.45) is -3.01. The number of nitrogens with zero attached hydrogens (tertiary/aromatic N) is 1. The number of rotatable bonds is 6. The minimum Gasteiger partial charge on any atom is -0.361 e. The monoisotopic (exact) mass is 302 g/mol. The summed E-state index contributed by atoms with van der Waals surface area (Å²) in [4.78, 5) is 3.67. The number of hydrogen-bond acceptors (Lipinski definition) is 3. The maximum atomic E-state index is 12.0. The van der Waals surface area contributed by atoms with Crippen molar-refractivity contribution in [3.05, 3.63) is 35.5 Å². The summed E-state index contributed by atoms with van der Waals surface area (Å²) in [6.45, 7) is -2.48. The van der Waals surface area contributed by atoms with Gasteiger partial charge in [0, 0.05) is 31.8 Å². The molecule has 0 fully saturated rings. The quantitative estimate of drug-likeness (QED) is 0.846. The maximum absolute atomic E-state index is 12.0. The number of aryl methyl sites for hydroxylation is 1. The van der Waals surface area contributed by atoms with Crippen molar-refractivity contribution in [1.82, 2.24) is 14.6 Å². The summed E-state index contributed by atoms with van der Waals surface area (Å²) in [7, 11) is -0.548. The number of fused-ring (bicyclic) bond motifs is 1. The van der Waals surface area contributed by atoms with Crippen LogP contribution in [0.3, 0.4) is 0 Å². The Balaban J connectivity index is 2.80. The Morgan fingerprint density at radius 2 is 2.20 bits per heavy atom. The number of aromatic nitrogens is 1. The first-order chi connectivity index (χ1) is 12.1. The highest BCUT2D eigenvalue weighted by atomic mass is 32.2. The van der Waals surface area contributed by atoms with Gasteiger partial charge in [0.15, 0.2) is 0 Å². The number of hydrogen-bond donors (Lipinski definition) is 2. The standard InChI is InChI=1S/C14H21N3O2S/c1-15-20(18,19)10-11-4-5-14-13(8-11)12(9-16-14)6-7-17(2)3/h4-5,8-9,15-16H,6-7,10H2,1-3H3/i6D2,7D2,9D,10D2. The van der Waals surface area contributed by atoms with Crippen LogP contribution in [-0.4, -0.2) is 45.9 Å². The summed E-state index contributed by atoms with van der Waals surface area (Å²) in [5.41, 5.74) is -3.10. The highest BCUT2D eigenvalue weighted by Gasteiger charge is 2.11. The van der Waals surface area contributed by atoms with Crippen LogP contribution in [0.1, 0.15) is 20.7 Å². The van der Waals surface area contributed by atoms with E-state index < -0.39 is 28.6 Å². The van der Waals surface area contributed by atoms with Gasteiger partial charge in [0.1, 0.15) is 0 Å². The van der Waals surface area contributed by atoms with Gasteiger partial charge >= 0.3 is 0 Å². The Morgan fingerprint density at radius 1 is 1.45 bits per heavy atom. The Labute approximate surface area is 129 Å². The predicted molar refractivity (Wildman–Crippen MR) is 82.2 cm³/mol. The first-order valence-electron chi connectivity index (χ1n) is 9.35. The largest absolute Gasteiger partial charge is 0.361 e. The van der Waals surface area contributed by atoms with E-state index in [0.29, 0.717) is 0 Å². The van der Waals surface area contributed by atoms with Gasteiger partial charge in [-0.3, -0.25) is 0 Å². The molecule has 0 spiro atoms. The molecule has 0 unspecified atom stereocenters. The first kappa shape index (κ1) is 8.17. The predicted octanol–water partition coefficient (Wildman–Crippen LogP) is 1.32. The molecule has 0 aliphatic heterocycles. The van der Waals surface area contributed by atoms with Gasteiger partial charge < -0.3 is 9.88 Å². The average molecular weight is 302 g/mol. The van der Waals surface area contributed by atoms with E-state index in [1.807, 2.05) is 4.72 Å². The second-order valence-electron chi connectivity index (χ2n) is 4.33. The zero-order chi connectivity index (χ0) is 21.0. The van der Waals surface area contributed by atoms with Crippen LogP contribution >= 0.6 is 0 Å². The van der Waals surface area contributed by atoms with E-state index in [2.05, 4.69) is 4.98 Å². The summed E-state index contributed by atoms with van der Waals surface area (Å²) >= 11 is 0. The molecule has 0 aliphatic carbocycles. The molecule has 0 saturated heterocycles. The zero-order valence-electron chi connectivity index (χ0n) is 18.4. The lowest BCUT2D eigenvalue weighted by Crippen LogP contribution is -2.20. The van der Waals surface area contributed by atoms with Crippen LogP contribution in [0.2, 0.25) is 0 Å². The van der Waals surface area contributed by atoms with Crippen molar-refractivity contribution in [2.45, 2.75) is 12.1 Å². The highest BCUT2D eigenvalue weighted by Crippen LogP contribution is 2.21. The molecule has 1 aromatic heterocycles. The molecule has 2 N–H and O–H groups in total. The lowest BCUT2D eigenvalue weighted by atomic mass is 10.1. The Bertz CT molecular complexity index is 970. The van der Waals surface area contributed by atoms with E-state index >= 15 is 0 Å². The second-order valence-corrected chi connectivity index (χ2v) is 5.95. The van der Waals surface area contributed by atoms with Crippen molar-refractivity contribution in [2.24, 2.45) is 0 Å². The minimum absolute atomic E-state index is 0.0448. The maximum Gasteiger partial charge on any atom is 0.215 e. The summed E-state index contributed by atoms with van der Waals surface area (Å²) < 4.78 is 82.7. The number of benzene rings is 1. The lowest BCUT2D eigenvalue weighted by Gasteiger charge is -2.08. The van der Waals surface area contributed by atoms with E-state index in [0.717, 1.165) is 18.0 Å². The fourth-order valence-corrected chi connectivity index (χ4v) is 2.13. The van der Waals surface area contributed by atoms with Crippen LogP contribution in [-0.2, 0) is 22.1 Å². The highest BCUT2D eigenvalue weighted by molar-refractivity contribution is 7.88. The summed E-state index contributed by atoms with van der Waals surface area (Å²) in [6, 6.07) is 3.71. The molecule has 0 radical (unpaired) electrons. The van der Waals surface area contributed by atoms with Gasteiger partial charge in [-0.1, -0.05) is 6.07 Å². The normalized spacial score (nSPS) is 19.7. The van der Waals surface area contributed by atoms with Crippen molar-refractivity contribution in [3.8, 4) is 0 Å². The van der Waals surface area contributed by atoms with E-state index in [-0.39, 0.29) is 28.2 Å². The van der Waals surface area contributed by atoms with Crippen molar-refractivity contribution >= 4 is 20.9 Å². The Hall–Kier alpha value is -1.37. The third kappa shape index (κ3) is 3.59. The van der Waals surface area contributed by atoms with Gasteiger partial charge in [-0.2, -0.15) is 0 Å². The fourth-order valence-electron chi connectivity index (χ4n) is 1.59. The molecule has 0 atom stereocenters. The first-order valence-corrected chi connectivity index (χ1v) is 7.33. The number of aromatic amines is 1. The zero-order valence-corrected chi connectivity index (χ0v) is 12.2. The van der Waals surface area contributed by atoms with Gasteiger partial charge in [-0.05, 0) is 50.8 Å². The SMILES string of the molecule is [2H]c1[nH]c2ccc(C([2H])([2H])S(=O)(=O)NC)cc2c1C([2H])([2H])C([2H])([2H])N(C)C. The Kier molecular flexibility index (Phi) is 2.43. The van der Waals surface area contributed by atoms with Crippen LogP contribution in [0.25, 0.3) is 10.9 Å². The van der Waals surface area contributed by atoms with Crippen molar-refractivity contribution < 1.29 is 18.0 Å². The Morgan fingerprint density at radius 3 is 2.85 bits per heavy atom. The molecule has 110 valence electrons. The van der Waals surface area contributed by atoms with Gasteiger partial charge in [0.2, 0.25) is 10.0 Å². The molecule has 20 heavy (non-hydrogen) atoms. The molecule has 0 saturated carbocycles. The number of nitrogens with one attached hydrogen (secondary N) is 2.